The summed E-state index contributed by atoms with van der Waals surface area (Å²) in [5.74, 6) is 1.23. The lowest BCUT2D eigenvalue weighted by Gasteiger charge is -2.15. The average molecular weight is 458 g/mol. The van der Waals surface area contributed by atoms with Gasteiger partial charge < -0.3 is 10.1 Å². The summed E-state index contributed by atoms with van der Waals surface area (Å²) in [6, 6.07) is 13.8. The Kier molecular flexibility index (Phi) is 8.27. The van der Waals surface area contributed by atoms with Gasteiger partial charge >= 0.3 is 0 Å². The zero-order valence-corrected chi connectivity index (χ0v) is 19.5. The highest BCUT2D eigenvalue weighted by Gasteiger charge is 2.17. The van der Waals surface area contributed by atoms with Gasteiger partial charge in [-0.1, -0.05) is 38.5 Å². The average Bonchev–Trinajstić information content (AvgIpc) is 3.06. The first-order valence-electron chi connectivity index (χ1n) is 11.1. The molecule has 7 nitrogen and oxygen atoms in total. The second-order valence-electron chi connectivity index (χ2n) is 7.95. The molecule has 0 spiro atoms. The number of carbonyl (C=O) groups excluding carboxylic acids is 1. The van der Waals surface area contributed by atoms with E-state index < -0.39 is 10.0 Å². The van der Waals surface area contributed by atoms with Crippen molar-refractivity contribution in [3.8, 4) is 5.75 Å². The molecule has 0 saturated carbocycles. The van der Waals surface area contributed by atoms with Crippen LogP contribution in [-0.4, -0.2) is 33.3 Å². The number of nitrogens with one attached hydrogen (secondary N) is 2. The van der Waals surface area contributed by atoms with Crippen molar-refractivity contribution < 1.29 is 17.9 Å². The minimum atomic E-state index is -3.70. The van der Waals surface area contributed by atoms with E-state index in [1.807, 2.05) is 24.3 Å². The molecule has 2 N–H and O–H groups in total. The number of hydrogen-bond acceptors (Lipinski definition) is 5. The van der Waals surface area contributed by atoms with E-state index in [1.165, 1.54) is 12.1 Å². The van der Waals surface area contributed by atoms with Gasteiger partial charge in [0.15, 0.2) is 6.61 Å². The first kappa shape index (κ1) is 23.8. The summed E-state index contributed by atoms with van der Waals surface area (Å²) in [6.07, 6.45) is 4.57. The van der Waals surface area contributed by atoms with E-state index in [0.29, 0.717) is 36.2 Å². The van der Waals surface area contributed by atoms with Gasteiger partial charge in [0.1, 0.15) is 11.6 Å². The maximum Gasteiger partial charge on any atom is 0.262 e. The van der Waals surface area contributed by atoms with Gasteiger partial charge in [0, 0.05) is 18.7 Å². The van der Waals surface area contributed by atoms with E-state index in [1.54, 1.807) is 12.1 Å². The zero-order chi connectivity index (χ0) is 23.0. The van der Waals surface area contributed by atoms with Crippen molar-refractivity contribution in [3.63, 3.8) is 0 Å². The van der Waals surface area contributed by atoms with Crippen LogP contribution in [0, 0.1) is 0 Å². The molecule has 1 unspecified atom stereocenters. The Morgan fingerprint density at radius 3 is 2.59 bits per heavy atom. The number of carbonyl (C=O) groups is 1. The van der Waals surface area contributed by atoms with Crippen LogP contribution in [-0.2, 0) is 14.8 Å². The van der Waals surface area contributed by atoms with Crippen LogP contribution < -0.4 is 14.8 Å². The van der Waals surface area contributed by atoms with Gasteiger partial charge in [-0.05, 0) is 61.1 Å². The van der Waals surface area contributed by atoms with Crippen LogP contribution in [0.15, 0.2) is 58.4 Å². The summed E-state index contributed by atoms with van der Waals surface area (Å²) < 4.78 is 33.6. The van der Waals surface area contributed by atoms with E-state index >= 15 is 0 Å². The molecule has 2 aromatic carbocycles. The number of amides is 1. The highest BCUT2D eigenvalue weighted by Crippen LogP contribution is 2.28. The Labute approximate surface area is 190 Å². The standard InChI is InChI=1S/C24H31N3O4S/c1-3-18(2)21-9-6-7-10-22(21)31-17-24(28)26-19-12-14-20(15-13-19)32(29,30)27-23-11-5-4-8-16-25-23/h6-7,9-10,12-15,18H,3-5,8,11,16-17H2,1-2H3,(H,25,27)(H,26,28). The van der Waals surface area contributed by atoms with Crippen LogP contribution >= 0.6 is 0 Å². The van der Waals surface area contributed by atoms with Crippen molar-refractivity contribution >= 4 is 27.5 Å². The first-order valence-corrected chi connectivity index (χ1v) is 12.5. The van der Waals surface area contributed by atoms with E-state index in [-0.39, 0.29) is 17.4 Å². The molecule has 2 aromatic rings. The quantitative estimate of drug-likeness (QED) is 0.611. The first-order chi connectivity index (χ1) is 15.4. The van der Waals surface area contributed by atoms with Crippen molar-refractivity contribution in [2.75, 3.05) is 18.5 Å². The van der Waals surface area contributed by atoms with Crippen LogP contribution in [0.1, 0.15) is 57.4 Å². The number of aliphatic imine (C=N–C) groups is 1. The Bertz CT molecular complexity index is 1050. The predicted molar refractivity (Wildman–Crippen MR) is 127 cm³/mol. The molecular formula is C24H31N3O4S. The third kappa shape index (κ3) is 6.56. The van der Waals surface area contributed by atoms with E-state index in [9.17, 15) is 13.2 Å². The van der Waals surface area contributed by atoms with Crippen LogP contribution in [0.25, 0.3) is 0 Å². The molecule has 0 saturated heterocycles. The number of para-hydroxylation sites is 1. The molecule has 1 heterocycles. The van der Waals surface area contributed by atoms with Gasteiger partial charge in [0.25, 0.3) is 15.9 Å². The third-order valence-electron chi connectivity index (χ3n) is 5.50. The molecule has 0 aliphatic carbocycles. The van der Waals surface area contributed by atoms with Crippen molar-refractivity contribution in [3.05, 3.63) is 54.1 Å². The smallest absolute Gasteiger partial charge is 0.262 e. The number of rotatable bonds is 8. The number of benzene rings is 2. The Balaban J connectivity index is 1.57. The summed E-state index contributed by atoms with van der Waals surface area (Å²) >= 11 is 0. The topological polar surface area (TPSA) is 96.9 Å². The molecule has 0 bridgehead atoms. The van der Waals surface area contributed by atoms with E-state index in [4.69, 9.17) is 4.74 Å². The zero-order valence-electron chi connectivity index (χ0n) is 18.6. The Morgan fingerprint density at radius 2 is 1.84 bits per heavy atom. The summed E-state index contributed by atoms with van der Waals surface area (Å²) in [4.78, 5) is 16.8. The largest absolute Gasteiger partial charge is 0.483 e. The number of ether oxygens (including phenoxy) is 1. The molecule has 1 aliphatic rings. The molecule has 3 rings (SSSR count). The van der Waals surface area contributed by atoms with Crippen molar-refractivity contribution in [1.29, 1.82) is 0 Å². The Morgan fingerprint density at radius 1 is 1.09 bits per heavy atom. The molecule has 172 valence electrons. The maximum absolute atomic E-state index is 12.6. The van der Waals surface area contributed by atoms with Crippen molar-refractivity contribution in [2.24, 2.45) is 4.99 Å². The molecule has 32 heavy (non-hydrogen) atoms. The third-order valence-corrected chi connectivity index (χ3v) is 6.89. The SMILES string of the molecule is CCC(C)c1ccccc1OCC(=O)Nc1ccc(S(=O)(=O)NC2=NCCCCC2)cc1. The van der Waals surface area contributed by atoms with Gasteiger partial charge in [-0.25, -0.2) is 8.42 Å². The van der Waals surface area contributed by atoms with Gasteiger partial charge in [0.2, 0.25) is 0 Å². The fourth-order valence-electron chi connectivity index (χ4n) is 3.47. The molecule has 0 aromatic heterocycles. The number of hydrogen-bond donors (Lipinski definition) is 2. The van der Waals surface area contributed by atoms with E-state index in [2.05, 4.69) is 28.9 Å². The normalized spacial score (nSPS) is 15.2. The number of amidine groups is 1. The summed E-state index contributed by atoms with van der Waals surface area (Å²) in [6.45, 7) is 4.74. The van der Waals surface area contributed by atoms with Gasteiger partial charge in [-0.3, -0.25) is 14.5 Å². The lowest BCUT2D eigenvalue weighted by atomic mass is 9.98. The van der Waals surface area contributed by atoms with Crippen molar-refractivity contribution in [1.82, 2.24) is 4.72 Å². The van der Waals surface area contributed by atoms with Crippen LogP contribution in [0.4, 0.5) is 5.69 Å². The summed E-state index contributed by atoms with van der Waals surface area (Å²) in [5, 5.41) is 2.74. The molecule has 1 aliphatic heterocycles. The fourth-order valence-corrected chi connectivity index (χ4v) is 4.56. The van der Waals surface area contributed by atoms with Gasteiger partial charge in [-0.15, -0.1) is 0 Å². The van der Waals surface area contributed by atoms with Crippen molar-refractivity contribution in [2.45, 2.75) is 56.8 Å². The number of sulfonamides is 1. The minimum absolute atomic E-state index is 0.126. The highest BCUT2D eigenvalue weighted by atomic mass is 32.2. The fraction of sp³-hybridized carbons (Fsp3) is 0.417. The van der Waals surface area contributed by atoms with Gasteiger partial charge in [0.05, 0.1) is 4.90 Å². The second kappa shape index (κ2) is 11.1. The monoisotopic (exact) mass is 457 g/mol. The maximum atomic E-state index is 12.6. The predicted octanol–water partition coefficient (Wildman–Crippen LogP) is 4.47. The summed E-state index contributed by atoms with van der Waals surface area (Å²) in [7, 11) is -3.70. The summed E-state index contributed by atoms with van der Waals surface area (Å²) in [5.41, 5.74) is 1.57. The molecule has 1 atom stereocenters. The molecule has 0 radical (unpaired) electrons. The number of anilines is 1. The molecular weight excluding hydrogens is 426 g/mol. The minimum Gasteiger partial charge on any atom is -0.483 e. The van der Waals surface area contributed by atoms with Crippen LogP contribution in [0.3, 0.4) is 0 Å². The van der Waals surface area contributed by atoms with Crippen LogP contribution in [0.2, 0.25) is 0 Å². The molecule has 1 amide bonds. The molecule has 0 fully saturated rings. The van der Waals surface area contributed by atoms with E-state index in [0.717, 1.165) is 31.2 Å². The van der Waals surface area contributed by atoms with Crippen LogP contribution in [0.5, 0.6) is 5.75 Å². The highest BCUT2D eigenvalue weighted by molar-refractivity contribution is 7.90. The second-order valence-corrected chi connectivity index (χ2v) is 9.64. The lowest BCUT2D eigenvalue weighted by Crippen LogP contribution is -2.30. The number of nitrogens with zero attached hydrogens (tertiary/aromatic N) is 1. The lowest BCUT2D eigenvalue weighted by molar-refractivity contribution is -0.118. The Hall–Kier alpha value is -2.87. The molecule has 8 heteroatoms. The van der Waals surface area contributed by atoms with Gasteiger partial charge in [-0.2, -0.15) is 0 Å².